The third kappa shape index (κ3) is 3.78. The van der Waals surface area contributed by atoms with Crippen LogP contribution in [0, 0.1) is 11.3 Å². The highest BCUT2D eigenvalue weighted by Crippen LogP contribution is 2.30. The Morgan fingerprint density at radius 1 is 1.00 bits per heavy atom. The van der Waals surface area contributed by atoms with Crippen molar-refractivity contribution in [2.24, 2.45) is 0 Å². The fraction of sp³-hybridized carbons (Fsp3) is 0.158. The van der Waals surface area contributed by atoms with E-state index in [1.807, 2.05) is 60.7 Å². The molecule has 0 aromatic heterocycles. The van der Waals surface area contributed by atoms with Gasteiger partial charge in [-0.15, -0.1) is 0 Å². The number of hydrogen-bond donors (Lipinski definition) is 0. The number of carbonyl (C=O) groups is 1. The van der Waals surface area contributed by atoms with E-state index in [1.165, 1.54) is 7.11 Å². The highest BCUT2D eigenvalue weighted by atomic mass is 16.5. The van der Waals surface area contributed by atoms with Gasteiger partial charge in [-0.3, -0.25) is 0 Å². The minimum Gasteiger partial charge on any atom is -0.497 e. The Hall–Kier alpha value is -3.06. The largest absolute Gasteiger partial charge is 0.497 e. The zero-order valence-electron chi connectivity index (χ0n) is 13.1. The van der Waals surface area contributed by atoms with E-state index < -0.39 is 5.97 Å². The van der Waals surface area contributed by atoms with Crippen LogP contribution in [-0.4, -0.2) is 20.2 Å². The third-order valence-corrected chi connectivity index (χ3v) is 3.43. The lowest BCUT2D eigenvalue weighted by molar-refractivity contribution is -0.136. The maximum atomic E-state index is 12.2. The maximum absolute atomic E-state index is 12.2. The minimum absolute atomic E-state index is 0.0249. The fourth-order valence-corrected chi connectivity index (χ4v) is 2.34. The Kier molecular flexibility index (Phi) is 5.54. The molecule has 0 unspecified atom stereocenters. The van der Waals surface area contributed by atoms with E-state index in [1.54, 1.807) is 7.11 Å². The first-order chi connectivity index (χ1) is 11.2. The zero-order valence-corrected chi connectivity index (χ0v) is 13.1. The van der Waals surface area contributed by atoms with Crippen LogP contribution in [0.15, 0.2) is 60.2 Å². The topological polar surface area (TPSA) is 59.3 Å². The Morgan fingerprint density at radius 3 is 2.13 bits per heavy atom. The number of nitrogens with zero attached hydrogens (tertiary/aromatic N) is 1. The van der Waals surface area contributed by atoms with E-state index in [2.05, 4.69) is 0 Å². The van der Waals surface area contributed by atoms with Gasteiger partial charge < -0.3 is 9.47 Å². The van der Waals surface area contributed by atoms with Gasteiger partial charge in [0.25, 0.3) is 0 Å². The summed E-state index contributed by atoms with van der Waals surface area (Å²) in [4.78, 5) is 12.2. The van der Waals surface area contributed by atoms with Crippen molar-refractivity contribution in [3.05, 3.63) is 71.3 Å². The van der Waals surface area contributed by atoms with Crippen LogP contribution in [0.3, 0.4) is 0 Å². The average molecular weight is 307 g/mol. The third-order valence-electron chi connectivity index (χ3n) is 3.43. The average Bonchev–Trinajstić information content (AvgIpc) is 2.62. The van der Waals surface area contributed by atoms with Crippen molar-refractivity contribution in [3.8, 4) is 11.8 Å². The molecule has 0 N–H and O–H groups in total. The Labute approximate surface area is 135 Å². The van der Waals surface area contributed by atoms with Crippen molar-refractivity contribution in [2.45, 2.75) is 6.42 Å². The molecule has 0 saturated carbocycles. The number of hydrogen-bond acceptors (Lipinski definition) is 4. The molecule has 0 aliphatic carbocycles. The summed E-state index contributed by atoms with van der Waals surface area (Å²) in [6.07, 6.45) is -0.0249. The van der Waals surface area contributed by atoms with E-state index in [0.29, 0.717) is 11.1 Å². The van der Waals surface area contributed by atoms with Crippen molar-refractivity contribution in [1.29, 1.82) is 5.26 Å². The number of esters is 1. The molecule has 2 aromatic carbocycles. The second-order valence-corrected chi connectivity index (χ2v) is 4.77. The molecule has 0 saturated heterocycles. The molecular formula is C19H17NO3. The van der Waals surface area contributed by atoms with Crippen LogP contribution in [0.1, 0.15) is 17.5 Å². The van der Waals surface area contributed by atoms with Crippen LogP contribution >= 0.6 is 0 Å². The molecule has 0 bridgehead atoms. The predicted molar refractivity (Wildman–Crippen MR) is 87.7 cm³/mol. The Balaban J connectivity index is 2.68. The summed E-state index contributed by atoms with van der Waals surface area (Å²) >= 11 is 0. The molecule has 0 atom stereocenters. The molecule has 0 amide bonds. The number of benzene rings is 2. The van der Waals surface area contributed by atoms with Gasteiger partial charge in [-0.25, -0.2) is 4.79 Å². The molecular weight excluding hydrogens is 290 g/mol. The lowest BCUT2D eigenvalue weighted by Crippen LogP contribution is -2.08. The second kappa shape index (κ2) is 7.81. The lowest BCUT2D eigenvalue weighted by Gasteiger charge is -2.14. The van der Waals surface area contributed by atoms with Crippen molar-refractivity contribution < 1.29 is 14.3 Å². The zero-order chi connectivity index (χ0) is 16.7. The number of methoxy groups -OCH3 is 2. The molecule has 4 nitrogen and oxygen atoms in total. The van der Waals surface area contributed by atoms with E-state index >= 15 is 0 Å². The van der Waals surface area contributed by atoms with E-state index in [-0.39, 0.29) is 6.42 Å². The van der Waals surface area contributed by atoms with Gasteiger partial charge in [0, 0.05) is 5.57 Å². The summed E-state index contributed by atoms with van der Waals surface area (Å²) in [6, 6.07) is 18.9. The predicted octanol–water partition coefficient (Wildman–Crippen LogP) is 3.58. The Morgan fingerprint density at radius 2 is 1.61 bits per heavy atom. The molecule has 0 spiro atoms. The quantitative estimate of drug-likeness (QED) is 0.625. The van der Waals surface area contributed by atoms with Crippen LogP contribution in [0.25, 0.3) is 5.57 Å². The van der Waals surface area contributed by atoms with Crippen LogP contribution < -0.4 is 4.74 Å². The summed E-state index contributed by atoms with van der Waals surface area (Å²) < 4.78 is 10.0. The van der Waals surface area contributed by atoms with Crippen molar-refractivity contribution in [3.63, 3.8) is 0 Å². The number of ether oxygens (including phenoxy) is 2. The van der Waals surface area contributed by atoms with Gasteiger partial charge in [-0.1, -0.05) is 42.5 Å². The summed E-state index contributed by atoms with van der Waals surface area (Å²) in [5, 5.41) is 9.09. The van der Waals surface area contributed by atoms with Gasteiger partial charge in [-0.05, 0) is 23.3 Å². The first-order valence-corrected chi connectivity index (χ1v) is 7.09. The van der Waals surface area contributed by atoms with Gasteiger partial charge >= 0.3 is 5.97 Å². The first-order valence-electron chi connectivity index (χ1n) is 7.09. The van der Waals surface area contributed by atoms with E-state index in [9.17, 15) is 4.79 Å². The van der Waals surface area contributed by atoms with Crippen molar-refractivity contribution in [1.82, 2.24) is 0 Å². The number of nitriles is 1. The van der Waals surface area contributed by atoms with E-state index in [0.717, 1.165) is 16.9 Å². The maximum Gasteiger partial charge on any atom is 0.335 e. The van der Waals surface area contributed by atoms with Crippen LogP contribution in [-0.2, 0) is 9.53 Å². The lowest BCUT2D eigenvalue weighted by atomic mass is 9.91. The molecule has 0 fully saturated rings. The molecule has 4 heteroatoms. The van der Waals surface area contributed by atoms with Crippen LogP contribution in [0.2, 0.25) is 0 Å². The van der Waals surface area contributed by atoms with Crippen LogP contribution in [0.5, 0.6) is 5.75 Å². The fourth-order valence-electron chi connectivity index (χ4n) is 2.34. The van der Waals surface area contributed by atoms with Crippen molar-refractivity contribution >= 4 is 11.5 Å². The summed E-state index contributed by atoms with van der Waals surface area (Å²) in [5.74, 6) is 0.224. The molecule has 0 radical (unpaired) electrons. The summed E-state index contributed by atoms with van der Waals surface area (Å²) in [5.41, 5.74) is 2.72. The molecule has 2 aromatic rings. The normalized spacial score (nSPS) is 11.2. The molecule has 116 valence electrons. The smallest absolute Gasteiger partial charge is 0.335 e. The van der Waals surface area contributed by atoms with Crippen molar-refractivity contribution in [2.75, 3.05) is 14.2 Å². The molecule has 0 aliphatic rings. The molecule has 0 aliphatic heterocycles. The van der Waals surface area contributed by atoms with E-state index in [4.69, 9.17) is 14.7 Å². The number of rotatable bonds is 5. The molecule has 0 heterocycles. The standard InChI is InChI=1S/C19H17NO3/c1-22-16-10-8-15(9-11-16)18(14-6-4-3-5-7-14)17(12-13-20)19(21)23-2/h3-11H,12H2,1-2H3/b18-17+. The monoisotopic (exact) mass is 307 g/mol. The summed E-state index contributed by atoms with van der Waals surface area (Å²) in [7, 11) is 2.91. The van der Waals surface area contributed by atoms with Gasteiger partial charge in [0.15, 0.2) is 0 Å². The minimum atomic E-state index is -0.499. The SMILES string of the molecule is COC(=O)/C(CC#N)=C(\c1ccccc1)c1ccc(OC)cc1. The highest BCUT2D eigenvalue weighted by Gasteiger charge is 2.19. The van der Waals surface area contributed by atoms with Gasteiger partial charge in [-0.2, -0.15) is 5.26 Å². The Bertz CT molecular complexity index is 740. The second-order valence-electron chi connectivity index (χ2n) is 4.77. The number of carbonyl (C=O) groups excluding carboxylic acids is 1. The van der Waals surface area contributed by atoms with Gasteiger partial charge in [0.2, 0.25) is 0 Å². The van der Waals surface area contributed by atoms with Gasteiger partial charge in [0.1, 0.15) is 5.75 Å². The highest BCUT2D eigenvalue weighted by molar-refractivity contribution is 6.02. The first kappa shape index (κ1) is 16.3. The molecule has 2 rings (SSSR count). The van der Waals surface area contributed by atoms with Crippen LogP contribution in [0.4, 0.5) is 0 Å². The van der Waals surface area contributed by atoms with Gasteiger partial charge in [0.05, 0.1) is 32.3 Å². The summed E-state index contributed by atoms with van der Waals surface area (Å²) in [6.45, 7) is 0. The molecule has 23 heavy (non-hydrogen) atoms.